The Bertz CT molecular complexity index is 603. The summed E-state index contributed by atoms with van der Waals surface area (Å²) in [5.41, 5.74) is 0.699. The summed E-state index contributed by atoms with van der Waals surface area (Å²) in [7, 11) is 0. The van der Waals surface area contributed by atoms with Gasteiger partial charge in [-0.2, -0.15) is 0 Å². The number of piperazine rings is 1. The molecule has 6 heteroatoms. The van der Waals surface area contributed by atoms with Crippen LogP contribution in [0.2, 0.25) is 0 Å². The molecule has 3 rings (SSSR count). The number of carbonyl (C=O) groups excluding carboxylic acids is 1. The number of aromatic nitrogens is 2. The molecule has 0 unspecified atom stereocenters. The lowest BCUT2D eigenvalue weighted by Gasteiger charge is -2.35. The Balaban J connectivity index is 1.54. The Hall–Kier alpha value is -2.37. The monoisotopic (exact) mass is 286 g/mol. The van der Waals surface area contributed by atoms with Crippen molar-refractivity contribution < 1.29 is 9.32 Å². The quantitative estimate of drug-likeness (QED) is 0.850. The second-order valence-corrected chi connectivity index (χ2v) is 5.16. The molecule has 0 aliphatic carbocycles. The molecule has 1 saturated heterocycles. The van der Waals surface area contributed by atoms with Crippen LogP contribution < -0.4 is 4.90 Å². The number of carbonyl (C=O) groups is 1. The van der Waals surface area contributed by atoms with E-state index in [1.54, 1.807) is 6.20 Å². The summed E-state index contributed by atoms with van der Waals surface area (Å²) in [4.78, 5) is 20.6. The van der Waals surface area contributed by atoms with Gasteiger partial charge in [-0.15, -0.1) is 0 Å². The normalized spacial score (nSPS) is 15.3. The van der Waals surface area contributed by atoms with Gasteiger partial charge in [-0.25, -0.2) is 4.98 Å². The molecule has 6 nitrogen and oxygen atoms in total. The molecule has 1 aliphatic heterocycles. The zero-order valence-electron chi connectivity index (χ0n) is 12.0. The van der Waals surface area contributed by atoms with Crippen molar-refractivity contribution in [3.05, 3.63) is 41.9 Å². The van der Waals surface area contributed by atoms with Gasteiger partial charge in [-0.05, 0) is 19.1 Å². The van der Waals surface area contributed by atoms with Crippen LogP contribution in [0.3, 0.4) is 0 Å². The summed E-state index contributed by atoms with van der Waals surface area (Å²) in [6, 6.07) is 7.69. The lowest BCUT2D eigenvalue weighted by Crippen LogP contribution is -2.49. The lowest BCUT2D eigenvalue weighted by atomic mass is 10.2. The van der Waals surface area contributed by atoms with Crippen LogP contribution in [0.25, 0.3) is 0 Å². The summed E-state index contributed by atoms with van der Waals surface area (Å²) in [5, 5.41) is 3.87. The summed E-state index contributed by atoms with van der Waals surface area (Å²) < 4.78 is 4.99. The van der Waals surface area contributed by atoms with Gasteiger partial charge in [0, 0.05) is 38.4 Å². The predicted molar refractivity (Wildman–Crippen MR) is 78.0 cm³/mol. The standard InChI is InChI=1S/C15H18N4O2/c1-12-10-13(17-21-12)11-15(20)19-8-6-18(7-9-19)14-4-2-3-5-16-14/h2-5,10H,6-9,11H2,1H3. The van der Waals surface area contributed by atoms with Gasteiger partial charge in [0.1, 0.15) is 11.6 Å². The molecular weight excluding hydrogens is 268 g/mol. The molecule has 1 fully saturated rings. The van der Waals surface area contributed by atoms with Crippen LogP contribution in [-0.2, 0) is 11.2 Å². The highest BCUT2D eigenvalue weighted by Crippen LogP contribution is 2.13. The topological polar surface area (TPSA) is 62.5 Å². The van der Waals surface area contributed by atoms with E-state index in [0.717, 1.165) is 24.7 Å². The van der Waals surface area contributed by atoms with Crippen molar-refractivity contribution in [1.29, 1.82) is 0 Å². The smallest absolute Gasteiger partial charge is 0.228 e. The van der Waals surface area contributed by atoms with Crippen LogP contribution >= 0.6 is 0 Å². The zero-order valence-corrected chi connectivity index (χ0v) is 12.0. The number of rotatable bonds is 3. The lowest BCUT2D eigenvalue weighted by molar-refractivity contribution is -0.130. The summed E-state index contributed by atoms with van der Waals surface area (Å²) in [6.45, 7) is 4.87. The predicted octanol–water partition coefficient (Wildman–Crippen LogP) is 1.27. The molecule has 0 saturated carbocycles. The Morgan fingerprint density at radius 1 is 1.29 bits per heavy atom. The molecule has 3 heterocycles. The van der Waals surface area contributed by atoms with Gasteiger partial charge >= 0.3 is 0 Å². The van der Waals surface area contributed by atoms with Crippen LogP contribution in [0.15, 0.2) is 35.0 Å². The van der Waals surface area contributed by atoms with E-state index in [4.69, 9.17) is 4.52 Å². The Kier molecular flexibility index (Phi) is 3.85. The number of pyridine rings is 1. The largest absolute Gasteiger partial charge is 0.361 e. The van der Waals surface area contributed by atoms with E-state index in [0.29, 0.717) is 25.2 Å². The fourth-order valence-electron chi connectivity index (χ4n) is 2.49. The fraction of sp³-hybridized carbons (Fsp3) is 0.400. The first-order valence-corrected chi connectivity index (χ1v) is 7.08. The number of hydrogen-bond acceptors (Lipinski definition) is 5. The molecule has 2 aromatic rings. The van der Waals surface area contributed by atoms with Crippen molar-refractivity contribution in [1.82, 2.24) is 15.0 Å². The van der Waals surface area contributed by atoms with Gasteiger partial charge in [-0.1, -0.05) is 11.2 Å². The molecule has 110 valence electrons. The molecule has 0 atom stereocenters. The highest BCUT2D eigenvalue weighted by Gasteiger charge is 2.22. The fourth-order valence-corrected chi connectivity index (χ4v) is 2.49. The number of aryl methyl sites for hydroxylation is 1. The van der Waals surface area contributed by atoms with E-state index < -0.39 is 0 Å². The number of nitrogens with zero attached hydrogens (tertiary/aromatic N) is 4. The molecule has 1 aliphatic rings. The first-order chi connectivity index (χ1) is 10.2. The van der Waals surface area contributed by atoms with Gasteiger partial charge < -0.3 is 14.3 Å². The number of anilines is 1. The summed E-state index contributed by atoms with van der Waals surface area (Å²) >= 11 is 0. The second kappa shape index (κ2) is 5.95. The molecule has 2 aromatic heterocycles. The Morgan fingerprint density at radius 2 is 2.10 bits per heavy atom. The van der Waals surface area contributed by atoms with Crippen LogP contribution in [0.4, 0.5) is 5.82 Å². The van der Waals surface area contributed by atoms with E-state index >= 15 is 0 Å². The highest BCUT2D eigenvalue weighted by atomic mass is 16.5. The van der Waals surface area contributed by atoms with E-state index in [-0.39, 0.29) is 5.91 Å². The average Bonchev–Trinajstić information content (AvgIpc) is 2.93. The third kappa shape index (κ3) is 3.21. The molecule has 0 aromatic carbocycles. The molecule has 0 spiro atoms. The van der Waals surface area contributed by atoms with Gasteiger partial charge in [-0.3, -0.25) is 4.79 Å². The molecule has 1 amide bonds. The maximum absolute atomic E-state index is 12.2. The zero-order chi connectivity index (χ0) is 14.7. The third-order valence-electron chi connectivity index (χ3n) is 3.61. The average molecular weight is 286 g/mol. The van der Waals surface area contributed by atoms with E-state index in [9.17, 15) is 4.79 Å². The SMILES string of the molecule is Cc1cc(CC(=O)N2CCN(c3ccccn3)CC2)no1. The number of hydrogen-bond donors (Lipinski definition) is 0. The molecule has 0 bridgehead atoms. The van der Waals surface area contributed by atoms with Crippen molar-refractivity contribution >= 4 is 11.7 Å². The Morgan fingerprint density at radius 3 is 2.71 bits per heavy atom. The van der Waals surface area contributed by atoms with Crippen molar-refractivity contribution in [2.24, 2.45) is 0 Å². The number of amides is 1. The highest BCUT2D eigenvalue weighted by molar-refractivity contribution is 5.78. The maximum Gasteiger partial charge on any atom is 0.228 e. The molecule has 0 radical (unpaired) electrons. The van der Waals surface area contributed by atoms with E-state index in [1.807, 2.05) is 36.1 Å². The van der Waals surface area contributed by atoms with E-state index in [2.05, 4.69) is 15.0 Å². The second-order valence-electron chi connectivity index (χ2n) is 5.16. The first-order valence-electron chi connectivity index (χ1n) is 7.08. The third-order valence-corrected chi connectivity index (χ3v) is 3.61. The van der Waals surface area contributed by atoms with Gasteiger partial charge in [0.15, 0.2) is 0 Å². The van der Waals surface area contributed by atoms with Crippen molar-refractivity contribution in [3.8, 4) is 0 Å². The Labute approximate surface area is 123 Å². The molecule has 0 N–H and O–H groups in total. The van der Waals surface area contributed by atoms with Crippen molar-refractivity contribution in [2.75, 3.05) is 31.1 Å². The first kappa shape index (κ1) is 13.6. The molecular formula is C15H18N4O2. The minimum absolute atomic E-state index is 0.101. The van der Waals surface area contributed by atoms with Gasteiger partial charge in [0.2, 0.25) is 5.91 Å². The summed E-state index contributed by atoms with van der Waals surface area (Å²) in [6.07, 6.45) is 2.10. The van der Waals surface area contributed by atoms with Crippen molar-refractivity contribution in [3.63, 3.8) is 0 Å². The van der Waals surface area contributed by atoms with Crippen LogP contribution in [0.5, 0.6) is 0 Å². The maximum atomic E-state index is 12.2. The minimum Gasteiger partial charge on any atom is -0.361 e. The van der Waals surface area contributed by atoms with Crippen molar-refractivity contribution in [2.45, 2.75) is 13.3 Å². The van der Waals surface area contributed by atoms with Crippen LogP contribution in [0.1, 0.15) is 11.5 Å². The summed E-state index contributed by atoms with van der Waals surface area (Å²) in [5.74, 6) is 1.80. The van der Waals surface area contributed by atoms with Crippen LogP contribution in [-0.4, -0.2) is 47.1 Å². The van der Waals surface area contributed by atoms with E-state index in [1.165, 1.54) is 0 Å². The molecule has 21 heavy (non-hydrogen) atoms. The van der Waals surface area contributed by atoms with Crippen LogP contribution in [0, 0.1) is 6.92 Å². The van der Waals surface area contributed by atoms with Gasteiger partial charge in [0.25, 0.3) is 0 Å². The minimum atomic E-state index is 0.101. The van der Waals surface area contributed by atoms with Gasteiger partial charge in [0.05, 0.1) is 12.1 Å².